The Morgan fingerprint density at radius 2 is 1.32 bits per heavy atom. The molecule has 148 valence electrons. The molecule has 0 radical (unpaired) electrons. The summed E-state index contributed by atoms with van der Waals surface area (Å²) in [6.07, 6.45) is -1.15. The molecule has 0 fully saturated rings. The molecule has 25 heavy (non-hydrogen) atoms. The lowest BCUT2D eigenvalue weighted by atomic mass is 10.4. The van der Waals surface area contributed by atoms with E-state index in [-0.39, 0.29) is 6.61 Å². The van der Waals surface area contributed by atoms with Gasteiger partial charge in [0.2, 0.25) is 0 Å². The quantitative estimate of drug-likeness (QED) is 0.149. The van der Waals surface area contributed by atoms with Crippen LogP contribution in [0.1, 0.15) is 34.1 Å². The van der Waals surface area contributed by atoms with Crippen molar-refractivity contribution in [2.75, 3.05) is 27.9 Å². The van der Waals surface area contributed by atoms with Gasteiger partial charge in [-0.2, -0.15) is 0 Å². The maximum absolute atomic E-state index is 11.5. The van der Waals surface area contributed by atoms with E-state index >= 15 is 0 Å². The van der Waals surface area contributed by atoms with E-state index in [0.29, 0.717) is 18.0 Å². The van der Waals surface area contributed by atoms with Crippen LogP contribution >= 0.6 is 0 Å². The van der Waals surface area contributed by atoms with Crippen LogP contribution in [0.15, 0.2) is 12.2 Å². The van der Waals surface area contributed by atoms with Gasteiger partial charge >= 0.3 is 14.8 Å². The van der Waals surface area contributed by atoms with E-state index in [0.717, 1.165) is 0 Å². The summed E-state index contributed by atoms with van der Waals surface area (Å²) in [7, 11) is 1.34. The maximum atomic E-state index is 11.5. The summed E-state index contributed by atoms with van der Waals surface area (Å²) in [5.41, 5.74) is 0.348. The predicted molar refractivity (Wildman–Crippen MR) is 93.6 cm³/mol. The molecule has 0 aromatic rings. The molecule has 0 aliphatic carbocycles. The number of carbonyl (C=O) groups excluding carboxylic acids is 1. The molecule has 8 nitrogen and oxygen atoms in total. The number of rotatable bonds is 14. The Bertz CT molecular complexity index is 372. The average molecular weight is 381 g/mol. The average Bonchev–Trinajstić information content (AvgIpc) is 2.57. The van der Waals surface area contributed by atoms with Crippen LogP contribution in [-0.4, -0.2) is 61.6 Å². The fraction of sp³-hybridized carbons (Fsp3) is 0.812. The van der Waals surface area contributed by atoms with Gasteiger partial charge in [-0.3, -0.25) is 0 Å². The molecule has 9 heteroatoms. The van der Waals surface area contributed by atoms with Crippen LogP contribution in [0.4, 0.5) is 0 Å². The second-order valence-corrected chi connectivity index (χ2v) is 8.04. The van der Waals surface area contributed by atoms with Crippen molar-refractivity contribution in [3.63, 3.8) is 0 Å². The largest absolute Gasteiger partial charge is 0.506 e. The second-order valence-electron chi connectivity index (χ2n) is 5.47. The molecule has 3 unspecified atom stereocenters. The molecule has 0 aromatic heterocycles. The highest BCUT2D eigenvalue weighted by Crippen LogP contribution is 2.24. The highest BCUT2D eigenvalue weighted by atomic mass is 28.4. The lowest BCUT2D eigenvalue weighted by molar-refractivity contribution is -0.164. The van der Waals surface area contributed by atoms with Gasteiger partial charge in [-0.1, -0.05) is 6.58 Å². The van der Waals surface area contributed by atoms with Crippen LogP contribution in [0, 0.1) is 0 Å². The van der Waals surface area contributed by atoms with Crippen molar-refractivity contribution in [1.29, 1.82) is 0 Å². The Kier molecular flexibility index (Phi) is 12.1. The van der Waals surface area contributed by atoms with Crippen molar-refractivity contribution in [3.8, 4) is 0 Å². The number of carbonyl (C=O) groups is 1. The van der Waals surface area contributed by atoms with Crippen LogP contribution in [0.5, 0.6) is 0 Å². The van der Waals surface area contributed by atoms with Crippen molar-refractivity contribution in [1.82, 2.24) is 0 Å². The summed E-state index contributed by atoms with van der Waals surface area (Å²) in [6, 6.07) is 0.394. The van der Waals surface area contributed by atoms with E-state index in [1.54, 1.807) is 27.7 Å². The third-order valence-electron chi connectivity index (χ3n) is 3.24. The van der Waals surface area contributed by atoms with Crippen LogP contribution in [-0.2, 0) is 37.0 Å². The number of esters is 1. The number of hydrogen-bond donors (Lipinski definition) is 0. The van der Waals surface area contributed by atoms with Crippen molar-refractivity contribution in [2.24, 2.45) is 0 Å². The molecular weight excluding hydrogens is 348 g/mol. The standard InChI is InChI=1S/C16H32O8Si/c1-12(2)16(17)21-10-9-11-25(22-13(3)18-6,23-14(4)19-7)24-15(5)20-8/h13-15H,1,9-11H2,2-8H3. The lowest BCUT2D eigenvalue weighted by Crippen LogP contribution is -2.52. The molecule has 0 aromatic carbocycles. The first-order valence-electron chi connectivity index (χ1n) is 8.14. The first-order chi connectivity index (χ1) is 11.7. The van der Waals surface area contributed by atoms with Gasteiger partial charge in [-0.25, -0.2) is 4.79 Å². The summed E-state index contributed by atoms with van der Waals surface area (Å²) >= 11 is 0. The minimum absolute atomic E-state index is 0.195. The van der Waals surface area contributed by atoms with Gasteiger partial charge in [0, 0.05) is 32.9 Å². The number of ether oxygens (including phenoxy) is 4. The first kappa shape index (κ1) is 24.2. The molecule has 0 aliphatic rings. The number of methoxy groups -OCH3 is 3. The maximum Gasteiger partial charge on any atom is 0.506 e. The van der Waals surface area contributed by atoms with E-state index in [1.165, 1.54) is 21.3 Å². The van der Waals surface area contributed by atoms with E-state index in [4.69, 9.17) is 32.2 Å². The number of hydrogen-bond acceptors (Lipinski definition) is 8. The summed E-state index contributed by atoms with van der Waals surface area (Å²) in [6.45, 7) is 10.6. The molecule has 0 bridgehead atoms. The highest BCUT2D eigenvalue weighted by molar-refractivity contribution is 6.60. The molecule has 0 rings (SSSR count). The van der Waals surface area contributed by atoms with Crippen molar-refractivity contribution < 1.29 is 37.0 Å². The van der Waals surface area contributed by atoms with Gasteiger partial charge < -0.3 is 32.2 Å². The smallest absolute Gasteiger partial charge is 0.462 e. The molecule has 0 heterocycles. The zero-order valence-corrected chi connectivity index (χ0v) is 17.3. The molecule has 3 atom stereocenters. The van der Waals surface area contributed by atoms with Gasteiger partial charge in [-0.15, -0.1) is 0 Å². The monoisotopic (exact) mass is 380 g/mol. The molecular formula is C16H32O8Si. The Balaban J connectivity index is 5.07. The van der Waals surface area contributed by atoms with E-state index < -0.39 is 33.6 Å². The fourth-order valence-electron chi connectivity index (χ4n) is 1.74. The summed E-state index contributed by atoms with van der Waals surface area (Å²) in [5, 5.41) is 0. The fourth-order valence-corrected chi connectivity index (χ4v) is 4.64. The minimum atomic E-state index is -3.24. The van der Waals surface area contributed by atoms with Crippen molar-refractivity contribution >= 4 is 14.8 Å². The summed E-state index contributed by atoms with van der Waals surface area (Å²) < 4.78 is 38.5. The van der Waals surface area contributed by atoms with Crippen LogP contribution < -0.4 is 0 Å². The Morgan fingerprint density at radius 1 is 0.920 bits per heavy atom. The van der Waals surface area contributed by atoms with E-state index in [1.807, 2.05) is 0 Å². The Hall–Kier alpha value is -0.813. The molecule has 0 spiro atoms. The molecule has 0 saturated carbocycles. The van der Waals surface area contributed by atoms with E-state index in [9.17, 15) is 4.79 Å². The lowest BCUT2D eigenvalue weighted by Gasteiger charge is -2.35. The van der Waals surface area contributed by atoms with Gasteiger partial charge in [0.15, 0.2) is 0 Å². The summed E-state index contributed by atoms with van der Waals surface area (Å²) in [4.78, 5) is 11.5. The summed E-state index contributed by atoms with van der Waals surface area (Å²) in [5.74, 6) is -0.434. The molecule has 0 N–H and O–H groups in total. The topological polar surface area (TPSA) is 81.7 Å². The zero-order valence-electron chi connectivity index (χ0n) is 16.3. The molecule has 0 saturated heterocycles. The van der Waals surface area contributed by atoms with E-state index in [2.05, 4.69) is 6.58 Å². The normalized spacial score (nSPS) is 17.4. The second kappa shape index (κ2) is 12.5. The van der Waals surface area contributed by atoms with Gasteiger partial charge in [0.25, 0.3) is 0 Å². The van der Waals surface area contributed by atoms with Crippen LogP contribution in [0.25, 0.3) is 0 Å². The molecule has 0 aliphatic heterocycles. The Labute approximate surface area is 151 Å². The molecule has 0 amide bonds. The van der Waals surface area contributed by atoms with Gasteiger partial charge in [0.1, 0.15) is 18.9 Å². The highest BCUT2D eigenvalue weighted by Gasteiger charge is 2.46. The van der Waals surface area contributed by atoms with Crippen LogP contribution in [0.2, 0.25) is 6.04 Å². The van der Waals surface area contributed by atoms with Crippen LogP contribution in [0.3, 0.4) is 0 Å². The minimum Gasteiger partial charge on any atom is -0.462 e. The first-order valence-corrected chi connectivity index (χ1v) is 10.1. The third-order valence-corrected chi connectivity index (χ3v) is 6.28. The van der Waals surface area contributed by atoms with Crippen molar-refractivity contribution in [3.05, 3.63) is 12.2 Å². The third kappa shape index (κ3) is 10.0. The predicted octanol–water partition coefficient (Wildman–Crippen LogP) is 2.46. The van der Waals surface area contributed by atoms with Crippen molar-refractivity contribution in [2.45, 2.75) is 59.0 Å². The van der Waals surface area contributed by atoms with Gasteiger partial charge in [-0.05, 0) is 34.1 Å². The Morgan fingerprint density at radius 3 is 1.64 bits per heavy atom. The van der Waals surface area contributed by atoms with Gasteiger partial charge in [0.05, 0.1) is 6.61 Å². The SMILES string of the molecule is C=C(C)C(=O)OCCC[Si](OC(C)OC)(OC(C)OC)OC(C)OC. The zero-order chi connectivity index (χ0) is 19.5.